The molecule has 1 amide bonds. The molecule has 0 saturated carbocycles. The smallest absolute Gasteiger partial charge is 0.414 e. The van der Waals surface area contributed by atoms with Crippen molar-refractivity contribution in [2.75, 3.05) is 32.8 Å². The molecule has 0 spiro atoms. The second-order valence-corrected chi connectivity index (χ2v) is 11.0. The Morgan fingerprint density at radius 2 is 1.89 bits per heavy atom. The Morgan fingerprint density at radius 3 is 2.60 bits per heavy atom. The summed E-state index contributed by atoms with van der Waals surface area (Å²) >= 11 is 0. The van der Waals surface area contributed by atoms with E-state index < -0.39 is 6.09 Å². The van der Waals surface area contributed by atoms with Crippen LogP contribution in [0.4, 0.5) is 4.79 Å². The SMILES string of the molecule is CC(C)COc1cccc2[nH]c(OC(=O)NC3CCN(CCN4[C@@H]5CC[C@H]4C[C@@H](O)C5)CC3)cc12. The van der Waals surface area contributed by atoms with Gasteiger partial charge in [-0.25, -0.2) is 4.79 Å². The molecule has 2 aromatic rings. The summed E-state index contributed by atoms with van der Waals surface area (Å²) in [7, 11) is 0. The number of aromatic nitrogens is 1. The van der Waals surface area contributed by atoms with E-state index in [4.69, 9.17) is 9.47 Å². The third-order valence-corrected chi connectivity index (χ3v) is 7.82. The number of amides is 1. The van der Waals surface area contributed by atoms with Gasteiger partial charge < -0.3 is 29.8 Å². The van der Waals surface area contributed by atoms with Gasteiger partial charge in [-0.3, -0.25) is 4.90 Å². The summed E-state index contributed by atoms with van der Waals surface area (Å²) < 4.78 is 11.5. The Kier molecular flexibility index (Phi) is 7.51. The summed E-state index contributed by atoms with van der Waals surface area (Å²) in [6.45, 7) is 9.00. The first-order valence-electron chi connectivity index (χ1n) is 13.3. The number of H-pyrrole nitrogens is 1. The fraction of sp³-hybridized carbons (Fsp3) is 0.667. The van der Waals surface area contributed by atoms with E-state index in [0.717, 1.165) is 68.5 Å². The standard InChI is InChI=1S/C27H40N4O4/c1-18(2)17-34-25-5-3-4-24-23(25)16-26(29-24)35-27(33)28-19-8-10-30(11-9-19)12-13-31-20-6-7-21(31)15-22(32)14-20/h3-5,16,18-22,29,32H,6-15,17H2,1-2H3,(H,28,33)/t20-,21+,22+. The quantitative estimate of drug-likeness (QED) is 0.529. The van der Waals surface area contributed by atoms with E-state index in [2.05, 4.69) is 33.9 Å². The van der Waals surface area contributed by atoms with Crippen LogP contribution in [-0.4, -0.2) is 83.0 Å². The average molecular weight is 485 g/mol. The molecule has 8 nitrogen and oxygen atoms in total. The molecule has 3 fully saturated rings. The van der Waals surface area contributed by atoms with Crippen LogP contribution in [0.25, 0.3) is 10.9 Å². The number of ether oxygens (including phenoxy) is 2. The minimum Gasteiger partial charge on any atom is -0.493 e. The van der Waals surface area contributed by atoms with Crippen molar-refractivity contribution in [1.82, 2.24) is 20.1 Å². The number of nitrogens with one attached hydrogen (secondary N) is 2. The van der Waals surface area contributed by atoms with Crippen molar-refractivity contribution in [2.24, 2.45) is 5.92 Å². The van der Waals surface area contributed by atoms with Gasteiger partial charge in [-0.05, 0) is 56.6 Å². The number of nitrogens with zero attached hydrogens (tertiary/aromatic N) is 2. The lowest BCUT2D eigenvalue weighted by Gasteiger charge is -2.39. The van der Waals surface area contributed by atoms with Crippen LogP contribution < -0.4 is 14.8 Å². The van der Waals surface area contributed by atoms with Crippen LogP contribution in [0.1, 0.15) is 52.4 Å². The molecule has 1 aromatic carbocycles. The van der Waals surface area contributed by atoms with Gasteiger partial charge in [0.1, 0.15) is 5.75 Å². The summed E-state index contributed by atoms with van der Waals surface area (Å²) in [6, 6.07) is 8.94. The zero-order chi connectivity index (χ0) is 24.4. The van der Waals surface area contributed by atoms with Crippen molar-refractivity contribution in [1.29, 1.82) is 0 Å². The molecule has 3 saturated heterocycles. The molecular formula is C27H40N4O4. The van der Waals surface area contributed by atoms with Gasteiger partial charge in [-0.2, -0.15) is 0 Å². The second kappa shape index (κ2) is 10.8. The highest BCUT2D eigenvalue weighted by Gasteiger charge is 2.39. The monoisotopic (exact) mass is 484 g/mol. The Labute approximate surface area is 207 Å². The Bertz CT molecular complexity index is 986. The molecule has 35 heavy (non-hydrogen) atoms. The van der Waals surface area contributed by atoms with Gasteiger partial charge in [-0.15, -0.1) is 0 Å². The third-order valence-electron chi connectivity index (χ3n) is 7.82. The first kappa shape index (κ1) is 24.4. The van der Waals surface area contributed by atoms with Gasteiger partial charge >= 0.3 is 6.09 Å². The van der Waals surface area contributed by atoms with Gasteiger partial charge in [0, 0.05) is 55.8 Å². The maximum Gasteiger partial charge on any atom is 0.414 e. The van der Waals surface area contributed by atoms with Crippen LogP contribution in [0.2, 0.25) is 0 Å². The molecule has 0 unspecified atom stereocenters. The predicted octanol–water partition coefficient (Wildman–Crippen LogP) is 3.74. The van der Waals surface area contributed by atoms with Crippen molar-refractivity contribution in [2.45, 2.75) is 76.6 Å². The maximum absolute atomic E-state index is 12.6. The summed E-state index contributed by atoms with van der Waals surface area (Å²) in [6.07, 6.45) is 5.69. The van der Waals surface area contributed by atoms with Crippen LogP contribution in [0, 0.1) is 5.92 Å². The maximum atomic E-state index is 12.6. The molecule has 2 bridgehead atoms. The molecule has 5 rings (SSSR count). The zero-order valence-corrected chi connectivity index (χ0v) is 21.0. The molecule has 0 aliphatic carbocycles. The number of hydrogen-bond donors (Lipinski definition) is 3. The van der Waals surface area contributed by atoms with E-state index in [9.17, 15) is 9.90 Å². The van der Waals surface area contributed by atoms with E-state index in [1.807, 2.05) is 24.3 Å². The van der Waals surface area contributed by atoms with E-state index in [1.54, 1.807) is 0 Å². The summed E-state index contributed by atoms with van der Waals surface area (Å²) in [4.78, 5) is 20.9. The predicted molar refractivity (Wildman–Crippen MR) is 136 cm³/mol. The molecule has 3 N–H and O–H groups in total. The van der Waals surface area contributed by atoms with Crippen LogP contribution in [0.15, 0.2) is 24.3 Å². The number of rotatable bonds is 8. The summed E-state index contributed by atoms with van der Waals surface area (Å²) in [5, 5.41) is 14.0. The van der Waals surface area contributed by atoms with Crippen LogP contribution in [0.5, 0.6) is 11.6 Å². The number of hydrogen-bond acceptors (Lipinski definition) is 6. The van der Waals surface area contributed by atoms with Crippen molar-refractivity contribution in [3.8, 4) is 11.6 Å². The highest BCUT2D eigenvalue weighted by molar-refractivity contribution is 5.88. The van der Waals surface area contributed by atoms with Crippen molar-refractivity contribution in [3.05, 3.63) is 24.3 Å². The van der Waals surface area contributed by atoms with Gasteiger partial charge in [0.05, 0.1) is 18.2 Å². The van der Waals surface area contributed by atoms with E-state index in [1.165, 1.54) is 12.8 Å². The molecular weight excluding hydrogens is 444 g/mol. The lowest BCUT2D eigenvalue weighted by molar-refractivity contribution is 0.0285. The number of piperidine rings is 2. The van der Waals surface area contributed by atoms with Gasteiger partial charge in [-0.1, -0.05) is 19.9 Å². The van der Waals surface area contributed by atoms with Crippen LogP contribution in [0.3, 0.4) is 0 Å². The Hall–Kier alpha value is -2.29. The molecule has 3 aliphatic heterocycles. The lowest BCUT2D eigenvalue weighted by Crippen LogP contribution is -2.50. The first-order valence-corrected chi connectivity index (χ1v) is 13.3. The molecule has 0 radical (unpaired) electrons. The Balaban J connectivity index is 1.06. The zero-order valence-electron chi connectivity index (χ0n) is 21.0. The topological polar surface area (TPSA) is 90.1 Å². The lowest BCUT2D eigenvalue weighted by atomic mass is 10.00. The van der Waals surface area contributed by atoms with Gasteiger partial charge in [0.15, 0.2) is 0 Å². The highest BCUT2D eigenvalue weighted by Crippen LogP contribution is 2.35. The number of carbonyl (C=O) groups excluding carboxylic acids is 1. The van der Waals surface area contributed by atoms with E-state index >= 15 is 0 Å². The number of aliphatic hydroxyl groups excluding tert-OH is 1. The van der Waals surface area contributed by atoms with Crippen LogP contribution >= 0.6 is 0 Å². The second-order valence-electron chi connectivity index (χ2n) is 11.0. The fourth-order valence-corrected chi connectivity index (χ4v) is 6.00. The molecule has 8 heteroatoms. The van der Waals surface area contributed by atoms with E-state index in [0.29, 0.717) is 30.5 Å². The number of aromatic amines is 1. The number of aliphatic hydroxyl groups is 1. The number of fused-ring (bicyclic) bond motifs is 3. The molecule has 3 atom stereocenters. The largest absolute Gasteiger partial charge is 0.493 e. The fourth-order valence-electron chi connectivity index (χ4n) is 6.00. The van der Waals surface area contributed by atoms with Crippen molar-refractivity contribution >= 4 is 17.0 Å². The normalized spacial score (nSPS) is 25.9. The van der Waals surface area contributed by atoms with E-state index in [-0.39, 0.29) is 12.1 Å². The molecule has 3 aliphatic rings. The minimum atomic E-state index is -0.414. The van der Waals surface area contributed by atoms with Gasteiger partial charge in [0.2, 0.25) is 5.88 Å². The molecule has 1 aromatic heterocycles. The Morgan fingerprint density at radius 1 is 1.14 bits per heavy atom. The summed E-state index contributed by atoms with van der Waals surface area (Å²) in [5.41, 5.74) is 0.888. The summed E-state index contributed by atoms with van der Waals surface area (Å²) in [5.74, 6) is 1.66. The first-order chi connectivity index (χ1) is 16.9. The molecule has 192 valence electrons. The van der Waals surface area contributed by atoms with Crippen molar-refractivity contribution < 1.29 is 19.4 Å². The number of carbonyl (C=O) groups is 1. The minimum absolute atomic E-state index is 0.102. The highest BCUT2D eigenvalue weighted by atomic mass is 16.6. The number of likely N-dealkylation sites (tertiary alicyclic amines) is 1. The number of benzene rings is 1. The third kappa shape index (κ3) is 5.93. The average Bonchev–Trinajstić information content (AvgIpc) is 3.34. The van der Waals surface area contributed by atoms with Crippen molar-refractivity contribution in [3.63, 3.8) is 0 Å². The molecule has 4 heterocycles. The van der Waals surface area contributed by atoms with Crippen LogP contribution in [-0.2, 0) is 0 Å². The van der Waals surface area contributed by atoms with Gasteiger partial charge in [0.25, 0.3) is 0 Å².